The van der Waals surface area contributed by atoms with Crippen molar-refractivity contribution in [3.8, 4) is 0 Å². The summed E-state index contributed by atoms with van der Waals surface area (Å²) in [4.78, 5) is 0. The summed E-state index contributed by atoms with van der Waals surface area (Å²) in [5, 5.41) is 0. The SMILES string of the molecule is [2H]CC(F)(F)C(F)(F)F. The first-order valence-corrected chi connectivity index (χ1v) is 1.55. The van der Waals surface area contributed by atoms with Gasteiger partial charge in [-0.25, -0.2) is 0 Å². The molecule has 0 aliphatic heterocycles. The van der Waals surface area contributed by atoms with Crippen molar-refractivity contribution in [2.24, 2.45) is 0 Å². The quantitative estimate of drug-likeness (QED) is 0.446. The van der Waals surface area contributed by atoms with Crippen LogP contribution in [0.3, 0.4) is 0 Å². The van der Waals surface area contributed by atoms with Gasteiger partial charge in [-0.15, -0.1) is 0 Å². The van der Waals surface area contributed by atoms with Crippen LogP contribution in [0.1, 0.15) is 8.27 Å². The third kappa shape index (κ3) is 1.63. The normalized spacial score (nSPS) is 15.9. The molecule has 0 aromatic rings. The van der Waals surface area contributed by atoms with E-state index in [2.05, 4.69) is 0 Å². The van der Waals surface area contributed by atoms with Crippen LogP contribution in [-0.4, -0.2) is 12.1 Å². The van der Waals surface area contributed by atoms with Crippen molar-refractivity contribution in [3.63, 3.8) is 0 Å². The Morgan fingerprint density at radius 2 is 1.50 bits per heavy atom. The molecule has 0 radical (unpaired) electrons. The van der Waals surface area contributed by atoms with Gasteiger partial charge in [0.25, 0.3) is 0 Å². The van der Waals surface area contributed by atoms with Gasteiger partial charge >= 0.3 is 12.1 Å². The molecule has 0 atom stereocenters. The molecule has 0 rings (SSSR count). The highest BCUT2D eigenvalue weighted by atomic mass is 19.4. The van der Waals surface area contributed by atoms with Gasteiger partial charge < -0.3 is 0 Å². The van der Waals surface area contributed by atoms with E-state index in [-0.39, 0.29) is 0 Å². The Hall–Kier alpha value is -0.350. The second-order valence-electron chi connectivity index (χ2n) is 1.20. The maximum Gasteiger partial charge on any atom is 0.452 e. The van der Waals surface area contributed by atoms with Gasteiger partial charge in [-0.2, -0.15) is 22.0 Å². The molecule has 50 valence electrons. The smallest absolute Gasteiger partial charge is 0.197 e. The van der Waals surface area contributed by atoms with Gasteiger partial charge in [0, 0.05) is 8.27 Å². The molecule has 0 bridgehead atoms. The van der Waals surface area contributed by atoms with E-state index in [4.69, 9.17) is 1.37 Å². The van der Waals surface area contributed by atoms with Gasteiger partial charge in [-0.1, -0.05) is 0 Å². The fraction of sp³-hybridized carbons (Fsp3) is 1.00. The molecule has 0 heterocycles. The van der Waals surface area contributed by atoms with Gasteiger partial charge in [-0.05, 0) is 0 Å². The molecule has 0 saturated carbocycles. The minimum atomic E-state index is -5.57. The molecule has 0 aromatic carbocycles. The second kappa shape index (κ2) is 1.56. The monoisotopic (exact) mass is 135 g/mol. The average molecular weight is 135 g/mol. The first kappa shape index (κ1) is 5.78. The van der Waals surface area contributed by atoms with E-state index in [0.717, 1.165) is 0 Å². The van der Waals surface area contributed by atoms with E-state index in [1.54, 1.807) is 0 Å². The Morgan fingerprint density at radius 1 is 1.12 bits per heavy atom. The Labute approximate surface area is 43.7 Å². The van der Waals surface area contributed by atoms with Crippen molar-refractivity contribution in [2.75, 3.05) is 0 Å². The van der Waals surface area contributed by atoms with Gasteiger partial charge in [0.15, 0.2) is 0 Å². The molecule has 0 fully saturated rings. The third-order valence-electron chi connectivity index (χ3n) is 0.415. The van der Waals surface area contributed by atoms with Crippen molar-refractivity contribution < 1.29 is 23.3 Å². The molecule has 0 aromatic heterocycles. The topological polar surface area (TPSA) is 0 Å². The minimum Gasteiger partial charge on any atom is -0.197 e. The van der Waals surface area contributed by atoms with Crippen LogP contribution < -0.4 is 0 Å². The lowest BCUT2D eigenvalue weighted by atomic mass is 10.4. The van der Waals surface area contributed by atoms with Crippen molar-refractivity contribution in [2.45, 2.75) is 19.0 Å². The number of hydrogen-bond acceptors (Lipinski definition) is 0. The van der Waals surface area contributed by atoms with E-state index in [1.807, 2.05) is 0 Å². The molecule has 0 aliphatic rings. The minimum absolute atomic E-state index is 1.95. The maximum atomic E-state index is 11.3. The Morgan fingerprint density at radius 3 is 1.50 bits per heavy atom. The highest BCUT2D eigenvalue weighted by molar-refractivity contribution is 4.67. The van der Waals surface area contributed by atoms with Gasteiger partial charge in [-0.3, -0.25) is 0 Å². The van der Waals surface area contributed by atoms with Crippen LogP contribution in [0, 0.1) is 0 Å². The largest absolute Gasteiger partial charge is 0.452 e. The molecule has 0 unspecified atom stereocenters. The average Bonchev–Trinajstić information content (AvgIpc) is 1.64. The number of halogens is 5. The molecule has 0 aliphatic carbocycles. The molecule has 0 saturated heterocycles. The van der Waals surface area contributed by atoms with E-state index in [0.29, 0.717) is 0 Å². The van der Waals surface area contributed by atoms with Crippen LogP contribution in [-0.2, 0) is 0 Å². The number of rotatable bonds is 0. The van der Waals surface area contributed by atoms with Gasteiger partial charge in [0.05, 0.1) is 0 Å². The van der Waals surface area contributed by atoms with Crippen LogP contribution in [0.15, 0.2) is 0 Å². The first-order chi connectivity index (χ1) is 3.81. The fourth-order valence-corrected chi connectivity index (χ4v) is 0. The van der Waals surface area contributed by atoms with E-state index < -0.39 is 19.0 Å². The molecule has 8 heavy (non-hydrogen) atoms. The zero-order valence-corrected chi connectivity index (χ0v) is 3.60. The Bertz CT molecular complexity index is 94.9. The lowest BCUT2D eigenvalue weighted by molar-refractivity contribution is -0.273. The van der Waals surface area contributed by atoms with Gasteiger partial charge in [0.1, 0.15) is 0 Å². The van der Waals surface area contributed by atoms with Crippen molar-refractivity contribution in [1.29, 1.82) is 0 Å². The zero-order chi connectivity index (χ0) is 7.71. The summed E-state index contributed by atoms with van der Waals surface area (Å²) >= 11 is 0. The highest BCUT2D eigenvalue weighted by Gasteiger charge is 2.52. The molecule has 0 spiro atoms. The lowest BCUT2D eigenvalue weighted by Crippen LogP contribution is -2.32. The predicted octanol–water partition coefficient (Wildman–Crippen LogP) is 2.20. The van der Waals surface area contributed by atoms with Crippen LogP contribution in [0.25, 0.3) is 0 Å². The Kier molecular flexibility index (Phi) is 1.13. The number of alkyl halides is 5. The fourth-order valence-electron chi connectivity index (χ4n) is 0. The maximum absolute atomic E-state index is 11.3. The van der Waals surface area contributed by atoms with E-state index in [9.17, 15) is 22.0 Å². The summed E-state index contributed by atoms with van der Waals surface area (Å²) < 4.78 is 61.4. The zero-order valence-electron chi connectivity index (χ0n) is 4.60. The highest BCUT2D eigenvalue weighted by Crippen LogP contribution is 2.34. The summed E-state index contributed by atoms with van der Waals surface area (Å²) in [5.74, 6) is -4.85. The Balaban J connectivity index is 4.14. The summed E-state index contributed by atoms with van der Waals surface area (Å²) in [5.41, 5.74) is 0. The van der Waals surface area contributed by atoms with Crippen molar-refractivity contribution >= 4 is 0 Å². The van der Waals surface area contributed by atoms with Crippen LogP contribution in [0.5, 0.6) is 0 Å². The van der Waals surface area contributed by atoms with Gasteiger partial charge in [0.2, 0.25) is 0 Å². The summed E-state index contributed by atoms with van der Waals surface area (Å²) in [6.45, 7) is -1.95. The molecule has 0 nitrogen and oxygen atoms in total. The molecule has 0 N–H and O–H groups in total. The molecule has 5 heteroatoms. The molecule has 0 amide bonds. The predicted molar refractivity (Wildman–Crippen MR) is 16.7 cm³/mol. The standard InChI is InChI=1S/C3H3F5/c1-2(4,5)3(6,7)8/h1H3/i1D. The van der Waals surface area contributed by atoms with Crippen molar-refractivity contribution in [3.05, 3.63) is 0 Å². The summed E-state index contributed by atoms with van der Waals surface area (Å²) in [7, 11) is 0. The molecular weight excluding hydrogens is 131 g/mol. The summed E-state index contributed by atoms with van der Waals surface area (Å²) in [6.07, 6.45) is -5.57. The molecular formula is C3H3F5. The van der Waals surface area contributed by atoms with E-state index in [1.165, 1.54) is 0 Å². The summed E-state index contributed by atoms with van der Waals surface area (Å²) in [6, 6.07) is 0. The van der Waals surface area contributed by atoms with Crippen LogP contribution >= 0.6 is 0 Å². The third-order valence-corrected chi connectivity index (χ3v) is 0.415. The van der Waals surface area contributed by atoms with Crippen LogP contribution in [0.2, 0.25) is 0 Å². The van der Waals surface area contributed by atoms with E-state index >= 15 is 0 Å². The van der Waals surface area contributed by atoms with Crippen molar-refractivity contribution in [1.82, 2.24) is 0 Å². The second-order valence-corrected chi connectivity index (χ2v) is 1.20. The lowest BCUT2D eigenvalue weighted by Gasteiger charge is -2.12. The first-order valence-electron chi connectivity index (χ1n) is 2.26. The van der Waals surface area contributed by atoms with Crippen LogP contribution in [0.4, 0.5) is 22.0 Å². The number of hydrogen-bond donors (Lipinski definition) is 0.